The fourth-order valence-electron chi connectivity index (χ4n) is 2.71. The fraction of sp³-hybridized carbons (Fsp3) is 0.263. The van der Waals surface area contributed by atoms with Crippen molar-refractivity contribution < 1.29 is 0 Å². The average Bonchev–Trinajstić information content (AvgIpc) is 3.13. The highest BCUT2D eigenvalue weighted by Crippen LogP contribution is 2.24. The lowest BCUT2D eigenvalue weighted by molar-refractivity contribution is 0.685. The van der Waals surface area contributed by atoms with Crippen molar-refractivity contribution in [1.82, 2.24) is 14.1 Å². The van der Waals surface area contributed by atoms with E-state index >= 15 is 0 Å². The van der Waals surface area contributed by atoms with Gasteiger partial charge in [0.05, 0.1) is 5.69 Å². The van der Waals surface area contributed by atoms with Gasteiger partial charge in [0.25, 0.3) is 5.56 Å². The van der Waals surface area contributed by atoms with E-state index in [1.54, 1.807) is 11.3 Å². The van der Waals surface area contributed by atoms with E-state index in [-0.39, 0.29) is 11.4 Å². The zero-order chi connectivity index (χ0) is 19.6. The molecule has 0 saturated carbocycles. The first kappa shape index (κ1) is 18.6. The van der Waals surface area contributed by atoms with Crippen LogP contribution in [0.25, 0.3) is 10.6 Å². The number of nitrogens with one attached hydrogen (secondary N) is 1. The zero-order valence-electron chi connectivity index (χ0n) is 15.3. The molecule has 0 radical (unpaired) electrons. The monoisotopic (exact) mass is 381 g/mol. The molecule has 0 aliphatic heterocycles. The second kappa shape index (κ2) is 7.60. The standard InChI is InChI=1S/C19H19N5O2S/c1-12-4-6-13(7-5-12)17-22-14(11-27-17)8-9-21-16-15(10-20)18(25)24(3)19(26)23(16)2/h4-7,11,21H,8-9H2,1-3H3. The molecule has 0 aliphatic rings. The van der Waals surface area contributed by atoms with Crippen LogP contribution in [0.2, 0.25) is 0 Å². The highest BCUT2D eigenvalue weighted by atomic mass is 32.1. The number of hydrogen-bond acceptors (Lipinski definition) is 6. The van der Waals surface area contributed by atoms with Crippen LogP contribution >= 0.6 is 11.3 Å². The summed E-state index contributed by atoms with van der Waals surface area (Å²) in [6, 6.07) is 10.1. The Morgan fingerprint density at radius 2 is 1.89 bits per heavy atom. The molecule has 0 aliphatic carbocycles. The molecule has 3 aromatic rings. The topological polar surface area (TPSA) is 92.7 Å². The van der Waals surface area contributed by atoms with Crippen LogP contribution in [0, 0.1) is 18.3 Å². The van der Waals surface area contributed by atoms with Gasteiger partial charge in [-0.2, -0.15) is 5.26 Å². The smallest absolute Gasteiger partial charge is 0.332 e. The van der Waals surface area contributed by atoms with E-state index in [0.717, 1.165) is 20.8 Å². The third kappa shape index (κ3) is 3.68. The van der Waals surface area contributed by atoms with Crippen molar-refractivity contribution >= 4 is 17.2 Å². The van der Waals surface area contributed by atoms with Gasteiger partial charge in [0.2, 0.25) is 0 Å². The molecule has 138 valence electrons. The Kier molecular flexibility index (Phi) is 5.23. The molecule has 1 aromatic carbocycles. The number of rotatable bonds is 5. The van der Waals surface area contributed by atoms with Gasteiger partial charge >= 0.3 is 5.69 Å². The largest absolute Gasteiger partial charge is 0.370 e. The normalized spacial score (nSPS) is 10.6. The molecule has 0 fully saturated rings. The molecule has 8 heteroatoms. The molecule has 0 spiro atoms. The summed E-state index contributed by atoms with van der Waals surface area (Å²) in [5.41, 5.74) is 2.04. The number of aromatic nitrogens is 3. The van der Waals surface area contributed by atoms with E-state index in [0.29, 0.717) is 13.0 Å². The average molecular weight is 381 g/mol. The maximum atomic E-state index is 12.1. The molecule has 0 saturated heterocycles. The second-order valence-electron chi connectivity index (χ2n) is 6.23. The molecule has 3 rings (SSSR count). The maximum Gasteiger partial charge on any atom is 0.332 e. The summed E-state index contributed by atoms with van der Waals surface area (Å²) in [6.07, 6.45) is 0.608. The van der Waals surface area contributed by atoms with Crippen molar-refractivity contribution in [2.45, 2.75) is 13.3 Å². The SMILES string of the molecule is Cc1ccc(-c2nc(CCNc3c(C#N)c(=O)n(C)c(=O)n3C)cs2)cc1. The van der Waals surface area contributed by atoms with Crippen LogP contribution in [0.4, 0.5) is 5.82 Å². The van der Waals surface area contributed by atoms with Crippen molar-refractivity contribution in [3.8, 4) is 16.6 Å². The van der Waals surface area contributed by atoms with Crippen LogP contribution in [-0.4, -0.2) is 20.7 Å². The highest BCUT2D eigenvalue weighted by molar-refractivity contribution is 7.13. The van der Waals surface area contributed by atoms with E-state index in [2.05, 4.69) is 22.4 Å². The summed E-state index contributed by atoms with van der Waals surface area (Å²) in [4.78, 5) is 28.8. The molecular weight excluding hydrogens is 362 g/mol. The third-order valence-electron chi connectivity index (χ3n) is 4.30. The van der Waals surface area contributed by atoms with Gasteiger partial charge in [-0.15, -0.1) is 11.3 Å². The summed E-state index contributed by atoms with van der Waals surface area (Å²) in [5, 5.41) is 15.3. The first-order valence-electron chi connectivity index (χ1n) is 8.37. The molecular formula is C19H19N5O2S. The van der Waals surface area contributed by atoms with Gasteiger partial charge in [0, 0.05) is 38.0 Å². The number of benzene rings is 1. The fourth-order valence-corrected chi connectivity index (χ4v) is 3.57. The van der Waals surface area contributed by atoms with Crippen LogP contribution in [-0.2, 0) is 20.5 Å². The zero-order valence-corrected chi connectivity index (χ0v) is 16.1. The highest BCUT2D eigenvalue weighted by Gasteiger charge is 2.15. The van der Waals surface area contributed by atoms with Gasteiger partial charge in [0.15, 0.2) is 5.56 Å². The Labute approximate surface area is 160 Å². The number of hydrogen-bond donors (Lipinski definition) is 1. The molecule has 0 amide bonds. The lowest BCUT2D eigenvalue weighted by Gasteiger charge is -2.13. The lowest BCUT2D eigenvalue weighted by Crippen LogP contribution is -2.40. The summed E-state index contributed by atoms with van der Waals surface area (Å²) in [7, 11) is 2.89. The molecule has 0 bridgehead atoms. The summed E-state index contributed by atoms with van der Waals surface area (Å²) >= 11 is 1.57. The summed E-state index contributed by atoms with van der Waals surface area (Å²) < 4.78 is 2.21. The van der Waals surface area contributed by atoms with Gasteiger partial charge in [0.1, 0.15) is 16.9 Å². The molecule has 7 nitrogen and oxygen atoms in total. The van der Waals surface area contributed by atoms with E-state index < -0.39 is 11.2 Å². The predicted molar refractivity (Wildman–Crippen MR) is 106 cm³/mol. The molecule has 2 heterocycles. The van der Waals surface area contributed by atoms with Gasteiger partial charge in [-0.3, -0.25) is 13.9 Å². The van der Waals surface area contributed by atoms with E-state index in [1.165, 1.54) is 24.2 Å². The van der Waals surface area contributed by atoms with Gasteiger partial charge in [-0.25, -0.2) is 9.78 Å². The van der Waals surface area contributed by atoms with Crippen LogP contribution in [0.3, 0.4) is 0 Å². The van der Waals surface area contributed by atoms with E-state index in [9.17, 15) is 14.9 Å². The number of nitriles is 1. The van der Waals surface area contributed by atoms with Crippen LogP contribution in [0.1, 0.15) is 16.8 Å². The Hall–Kier alpha value is -3.18. The number of nitrogens with zero attached hydrogens (tertiary/aromatic N) is 4. The first-order valence-corrected chi connectivity index (χ1v) is 9.25. The minimum atomic E-state index is -0.599. The van der Waals surface area contributed by atoms with Gasteiger partial charge in [-0.1, -0.05) is 29.8 Å². The van der Waals surface area contributed by atoms with Gasteiger partial charge in [-0.05, 0) is 6.92 Å². The van der Waals surface area contributed by atoms with Crippen LogP contribution < -0.4 is 16.6 Å². The number of aryl methyl sites for hydroxylation is 1. The Balaban J connectivity index is 1.75. The lowest BCUT2D eigenvalue weighted by atomic mass is 10.2. The van der Waals surface area contributed by atoms with Crippen molar-refractivity contribution in [2.75, 3.05) is 11.9 Å². The summed E-state index contributed by atoms with van der Waals surface area (Å²) in [5.74, 6) is 0.236. The Morgan fingerprint density at radius 3 is 2.56 bits per heavy atom. The van der Waals surface area contributed by atoms with Crippen LogP contribution in [0.15, 0.2) is 39.2 Å². The molecule has 0 unspecified atom stereocenters. The van der Waals surface area contributed by atoms with Crippen molar-refractivity contribution in [1.29, 1.82) is 5.26 Å². The maximum absolute atomic E-state index is 12.1. The minimum absolute atomic E-state index is 0.0711. The molecule has 1 N–H and O–H groups in total. The Bertz CT molecular complexity index is 1130. The third-order valence-corrected chi connectivity index (χ3v) is 5.24. The quantitative estimate of drug-likeness (QED) is 0.730. The molecule has 0 atom stereocenters. The summed E-state index contributed by atoms with van der Waals surface area (Å²) in [6.45, 7) is 2.49. The molecule has 2 aromatic heterocycles. The van der Waals surface area contributed by atoms with Crippen molar-refractivity contribution in [3.63, 3.8) is 0 Å². The van der Waals surface area contributed by atoms with Gasteiger partial charge < -0.3 is 5.32 Å². The van der Waals surface area contributed by atoms with Crippen molar-refractivity contribution in [3.05, 3.63) is 67.3 Å². The number of anilines is 1. The van der Waals surface area contributed by atoms with E-state index in [1.807, 2.05) is 30.5 Å². The first-order chi connectivity index (χ1) is 12.9. The predicted octanol–water partition coefficient (Wildman–Crippen LogP) is 2.04. The molecule has 27 heavy (non-hydrogen) atoms. The Morgan fingerprint density at radius 1 is 1.19 bits per heavy atom. The van der Waals surface area contributed by atoms with E-state index in [4.69, 9.17) is 0 Å². The number of thiazole rings is 1. The minimum Gasteiger partial charge on any atom is -0.370 e. The van der Waals surface area contributed by atoms with Crippen LogP contribution in [0.5, 0.6) is 0 Å². The second-order valence-corrected chi connectivity index (χ2v) is 7.09. The van der Waals surface area contributed by atoms with Crippen molar-refractivity contribution in [2.24, 2.45) is 14.1 Å².